The molecule has 2 heterocycles. The van der Waals surface area contributed by atoms with E-state index in [0.717, 1.165) is 5.56 Å². The van der Waals surface area contributed by atoms with Crippen LogP contribution in [0.4, 0.5) is 5.69 Å². The van der Waals surface area contributed by atoms with E-state index in [9.17, 15) is 22.8 Å². The lowest BCUT2D eigenvalue weighted by Gasteiger charge is -2.48. The first-order valence-corrected chi connectivity index (χ1v) is 12.7. The van der Waals surface area contributed by atoms with Gasteiger partial charge in [-0.2, -0.15) is 0 Å². The van der Waals surface area contributed by atoms with E-state index in [1.54, 1.807) is 47.1 Å². The van der Waals surface area contributed by atoms with Crippen LogP contribution in [-0.2, 0) is 19.6 Å². The number of fused-ring (bicyclic) bond motifs is 3. The van der Waals surface area contributed by atoms with Gasteiger partial charge in [-0.1, -0.05) is 24.3 Å². The molecule has 4 rings (SSSR count). The number of hydrogen-bond acceptors (Lipinski definition) is 5. The Morgan fingerprint density at radius 3 is 2.50 bits per heavy atom. The lowest BCUT2D eigenvalue weighted by atomic mass is 9.98. The van der Waals surface area contributed by atoms with Crippen LogP contribution in [0.2, 0.25) is 0 Å². The molecule has 2 unspecified atom stereocenters. The van der Waals surface area contributed by atoms with Crippen LogP contribution in [0.25, 0.3) is 0 Å². The van der Waals surface area contributed by atoms with Gasteiger partial charge < -0.3 is 10.2 Å². The molecule has 2 aromatic rings. The predicted molar refractivity (Wildman–Crippen MR) is 126 cm³/mol. The van der Waals surface area contributed by atoms with Gasteiger partial charge in [-0.25, -0.2) is 13.6 Å². The topological polar surface area (TPSA) is 130 Å². The Morgan fingerprint density at radius 2 is 1.82 bits per heavy atom. The van der Waals surface area contributed by atoms with Crippen LogP contribution >= 0.6 is 0 Å². The molecule has 180 valence electrons. The van der Waals surface area contributed by atoms with Crippen LogP contribution in [0.1, 0.15) is 61.5 Å². The normalized spacial score (nSPS) is 20.7. The largest absolute Gasteiger partial charge is 0.350 e. The quantitative estimate of drug-likeness (QED) is 0.623. The second-order valence-electron chi connectivity index (χ2n) is 8.93. The fourth-order valence-corrected chi connectivity index (χ4v) is 5.30. The molecular formula is C24H28N4O5S. The third kappa shape index (κ3) is 4.30. The molecule has 3 N–H and O–H groups in total. The summed E-state index contributed by atoms with van der Waals surface area (Å²) in [5, 5.41) is 8.01. The van der Waals surface area contributed by atoms with Gasteiger partial charge >= 0.3 is 0 Å². The summed E-state index contributed by atoms with van der Waals surface area (Å²) >= 11 is 0. The summed E-state index contributed by atoms with van der Waals surface area (Å²) in [6.45, 7) is 4.05. The first-order chi connectivity index (χ1) is 16.0. The van der Waals surface area contributed by atoms with Crippen LogP contribution in [0, 0.1) is 0 Å². The Kier molecular flexibility index (Phi) is 6.22. The lowest BCUT2D eigenvalue weighted by molar-refractivity contribution is -0.122. The van der Waals surface area contributed by atoms with Gasteiger partial charge in [0.25, 0.3) is 5.91 Å². The first-order valence-electron chi connectivity index (χ1n) is 11.2. The minimum Gasteiger partial charge on any atom is -0.350 e. The number of hydrogen-bond donors (Lipinski definition) is 2. The molecular weight excluding hydrogens is 456 g/mol. The number of benzene rings is 2. The summed E-state index contributed by atoms with van der Waals surface area (Å²) in [6, 6.07) is 12.8. The SMILES string of the molecule is CC(NC(=O)CCCN1C(=O)c2ccccc2N2C(=O)CCC12C)c1ccc(S(N)(=O)=O)cc1. The van der Waals surface area contributed by atoms with Crippen molar-refractivity contribution in [3.63, 3.8) is 0 Å². The van der Waals surface area contributed by atoms with Crippen molar-refractivity contribution in [2.45, 2.75) is 56.1 Å². The van der Waals surface area contributed by atoms with Gasteiger partial charge in [-0.05, 0) is 56.5 Å². The average molecular weight is 485 g/mol. The van der Waals surface area contributed by atoms with Gasteiger partial charge in [0.1, 0.15) is 5.66 Å². The van der Waals surface area contributed by atoms with Crippen molar-refractivity contribution in [2.75, 3.05) is 11.4 Å². The lowest BCUT2D eigenvalue weighted by Crippen LogP contribution is -2.62. The zero-order valence-corrected chi connectivity index (χ0v) is 20.0. The number of anilines is 1. The molecule has 2 atom stereocenters. The smallest absolute Gasteiger partial charge is 0.257 e. The molecule has 0 aliphatic carbocycles. The number of amides is 3. The van der Waals surface area contributed by atoms with Crippen molar-refractivity contribution in [1.29, 1.82) is 0 Å². The number of sulfonamides is 1. The Balaban J connectivity index is 1.39. The van der Waals surface area contributed by atoms with E-state index in [0.29, 0.717) is 37.1 Å². The minimum atomic E-state index is -3.77. The third-order valence-corrected chi connectivity index (χ3v) is 7.55. The number of nitrogens with one attached hydrogen (secondary N) is 1. The number of para-hydroxylation sites is 1. The fraction of sp³-hybridized carbons (Fsp3) is 0.375. The van der Waals surface area contributed by atoms with Crippen molar-refractivity contribution in [3.05, 3.63) is 59.7 Å². The Hall–Kier alpha value is -3.24. The van der Waals surface area contributed by atoms with Crippen LogP contribution < -0.4 is 15.4 Å². The highest BCUT2D eigenvalue weighted by Crippen LogP contribution is 2.44. The van der Waals surface area contributed by atoms with E-state index in [4.69, 9.17) is 5.14 Å². The van der Waals surface area contributed by atoms with Gasteiger partial charge in [-0.15, -0.1) is 0 Å². The molecule has 1 fully saturated rings. The number of rotatable bonds is 7. The number of carbonyl (C=O) groups is 3. The van der Waals surface area contributed by atoms with E-state index in [1.165, 1.54) is 12.1 Å². The van der Waals surface area contributed by atoms with Crippen LogP contribution in [0.5, 0.6) is 0 Å². The summed E-state index contributed by atoms with van der Waals surface area (Å²) in [5.74, 6) is -0.322. The summed E-state index contributed by atoms with van der Waals surface area (Å²) in [5.41, 5.74) is 1.15. The summed E-state index contributed by atoms with van der Waals surface area (Å²) in [4.78, 5) is 41.8. The number of nitrogens with zero attached hydrogens (tertiary/aromatic N) is 2. The third-order valence-electron chi connectivity index (χ3n) is 6.62. The van der Waals surface area contributed by atoms with Gasteiger partial charge in [0.15, 0.2) is 0 Å². The summed E-state index contributed by atoms with van der Waals surface area (Å²) in [6.07, 6.45) is 1.56. The molecule has 0 radical (unpaired) electrons. The molecule has 2 aliphatic rings. The molecule has 3 amide bonds. The molecule has 1 saturated heterocycles. The first kappa shape index (κ1) is 23.9. The van der Waals surface area contributed by atoms with E-state index in [2.05, 4.69) is 5.32 Å². The summed E-state index contributed by atoms with van der Waals surface area (Å²) < 4.78 is 22.8. The van der Waals surface area contributed by atoms with Crippen molar-refractivity contribution >= 4 is 33.4 Å². The zero-order valence-electron chi connectivity index (χ0n) is 19.2. The van der Waals surface area contributed by atoms with Crippen molar-refractivity contribution in [3.8, 4) is 0 Å². The van der Waals surface area contributed by atoms with Gasteiger partial charge in [0.2, 0.25) is 21.8 Å². The van der Waals surface area contributed by atoms with Crippen LogP contribution in [-0.4, -0.2) is 43.2 Å². The maximum atomic E-state index is 13.2. The second kappa shape index (κ2) is 8.84. The number of nitrogens with two attached hydrogens (primary N) is 1. The Labute approximate surface area is 199 Å². The minimum absolute atomic E-state index is 0.00697. The van der Waals surface area contributed by atoms with Crippen molar-refractivity contribution in [1.82, 2.24) is 10.2 Å². The average Bonchev–Trinajstić information content (AvgIpc) is 3.10. The standard InChI is InChI=1S/C24H28N4O5S/c1-16(17-9-11-18(12-10-17)34(25,32)33)26-21(29)8-5-15-27-23(31)19-6-3-4-7-20(19)28-22(30)13-14-24(27,28)2/h3-4,6-7,9-12,16H,5,8,13-15H2,1-2H3,(H,26,29)(H2,25,32,33). The molecule has 34 heavy (non-hydrogen) atoms. The zero-order chi connectivity index (χ0) is 24.7. The Morgan fingerprint density at radius 1 is 1.15 bits per heavy atom. The molecule has 2 aromatic carbocycles. The fourth-order valence-electron chi connectivity index (χ4n) is 4.78. The molecule has 10 heteroatoms. The molecule has 0 aromatic heterocycles. The van der Waals surface area contributed by atoms with Crippen LogP contribution in [0.15, 0.2) is 53.4 Å². The highest BCUT2D eigenvalue weighted by Gasteiger charge is 2.52. The van der Waals surface area contributed by atoms with Crippen molar-refractivity contribution < 1.29 is 22.8 Å². The van der Waals surface area contributed by atoms with Crippen LogP contribution in [0.3, 0.4) is 0 Å². The van der Waals surface area contributed by atoms with E-state index < -0.39 is 15.7 Å². The maximum Gasteiger partial charge on any atom is 0.257 e. The van der Waals surface area contributed by atoms with Crippen molar-refractivity contribution in [2.24, 2.45) is 5.14 Å². The highest BCUT2D eigenvalue weighted by molar-refractivity contribution is 7.89. The molecule has 0 saturated carbocycles. The van der Waals surface area contributed by atoms with E-state index in [1.807, 2.05) is 13.0 Å². The number of primary sulfonamides is 1. The Bertz CT molecular complexity index is 1240. The predicted octanol–water partition coefficient (Wildman–Crippen LogP) is 2.29. The number of carbonyl (C=O) groups excluding carboxylic acids is 3. The summed E-state index contributed by atoms with van der Waals surface area (Å²) in [7, 11) is -3.77. The monoisotopic (exact) mass is 484 g/mol. The second-order valence-corrected chi connectivity index (χ2v) is 10.5. The van der Waals surface area contributed by atoms with Gasteiger partial charge in [0, 0.05) is 19.4 Å². The molecule has 0 spiro atoms. The van der Waals surface area contributed by atoms with E-state index in [-0.39, 0.29) is 35.1 Å². The highest BCUT2D eigenvalue weighted by atomic mass is 32.2. The molecule has 2 aliphatic heterocycles. The van der Waals surface area contributed by atoms with E-state index >= 15 is 0 Å². The molecule has 0 bridgehead atoms. The van der Waals surface area contributed by atoms with Gasteiger partial charge in [0.05, 0.1) is 22.2 Å². The maximum absolute atomic E-state index is 13.2. The van der Waals surface area contributed by atoms with Gasteiger partial charge in [-0.3, -0.25) is 19.3 Å². The molecule has 9 nitrogen and oxygen atoms in total.